The summed E-state index contributed by atoms with van der Waals surface area (Å²) < 4.78 is 0. The van der Waals surface area contributed by atoms with Gasteiger partial charge in [-0.1, -0.05) is 20.8 Å². The van der Waals surface area contributed by atoms with Crippen molar-refractivity contribution in [3.8, 4) is 0 Å². The Balaban J connectivity index is 4.16. The summed E-state index contributed by atoms with van der Waals surface area (Å²) in [6.07, 6.45) is 0. The zero-order valence-electron chi connectivity index (χ0n) is 8.76. The molecule has 0 N–H and O–H groups in total. The lowest BCUT2D eigenvalue weighted by Crippen LogP contribution is -2.23. The lowest BCUT2D eigenvalue weighted by atomic mass is 9.91. The number of nitrogens with zero attached hydrogens (tertiary/aromatic N) is 2. The Kier molecular flexibility index (Phi) is 4.68. The summed E-state index contributed by atoms with van der Waals surface area (Å²) in [5.74, 6) is 0.845. The Morgan fingerprint density at radius 3 is 2.25 bits per heavy atom. The molecule has 0 aromatic heterocycles. The quantitative estimate of drug-likeness (QED) is 0.408. The van der Waals surface area contributed by atoms with Crippen molar-refractivity contribution in [3.63, 3.8) is 0 Å². The highest BCUT2D eigenvalue weighted by Gasteiger charge is 2.14. The molecule has 0 rings (SSSR count). The van der Waals surface area contributed by atoms with E-state index >= 15 is 0 Å². The molecule has 0 radical (unpaired) electrons. The maximum Gasteiger partial charge on any atom is 0.0445 e. The van der Waals surface area contributed by atoms with E-state index in [1.54, 1.807) is 0 Å². The van der Waals surface area contributed by atoms with Gasteiger partial charge in [0.15, 0.2) is 0 Å². The van der Waals surface area contributed by atoms with Crippen LogP contribution >= 0.6 is 12.6 Å². The highest BCUT2D eigenvalue weighted by molar-refractivity contribution is 7.80. The summed E-state index contributed by atoms with van der Waals surface area (Å²) in [5, 5.41) is 6.38. The van der Waals surface area contributed by atoms with E-state index < -0.39 is 0 Å². The molecule has 72 valence electrons. The average Bonchev–Trinajstić information content (AvgIpc) is 1.85. The van der Waals surface area contributed by atoms with E-state index in [-0.39, 0.29) is 5.41 Å². The molecule has 0 bridgehead atoms. The molecule has 3 heteroatoms. The average molecular weight is 188 g/mol. The van der Waals surface area contributed by atoms with Crippen LogP contribution in [0, 0.1) is 5.41 Å². The molecule has 0 saturated carbocycles. The van der Waals surface area contributed by atoms with Gasteiger partial charge in [-0.3, -0.25) is 5.01 Å². The Morgan fingerprint density at radius 1 is 1.42 bits per heavy atom. The van der Waals surface area contributed by atoms with Gasteiger partial charge in [-0.05, 0) is 6.92 Å². The van der Waals surface area contributed by atoms with E-state index in [1.807, 2.05) is 12.1 Å². The fourth-order valence-corrected chi connectivity index (χ4v) is 0.890. The van der Waals surface area contributed by atoms with Crippen LogP contribution < -0.4 is 0 Å². The Labute approximate surface area is 81.4 Å². The highest BCUT2D eigenvalue weighted by Crippen LogP contribution is 2.15. The van der Waals surface area contributed by atoms with E-state index in [0.717, 1.165) is 18.0 Å². The molecule has 0 saturated heterocycles. The van der Waals surface area contributed by atoms with Gasteiger partial charge in [0.25, 0.3) is 0 Å². The van der Waals surface area contributed by atoms with Crippen molar-refractivity contribution in [1.29, 1.82) is 0 Å². The van der Waals surface area contributed by atoms with Crippen molar-refractivity contribution in [2.24, 2.45) is 10.5 Å². The van der Waals surface area contributed by atoms with E-state index in [1.165, 1.54) is 0 Å². The van der Waals surface area contributed by atoms with Gasteiger partial charge in [0, 0.05) is 30.5 Å². The first-order valence-corrected chi connectivity index (χ1v) is 4.89. The zero-order chi connectivity index (χ0) is 9.78. The molecule has 0 aliphatic rings. The topological polar surface area (TPSA) is 15.6 Å². The van der Waals surface area contributed by atoms with E-state index in [9.17, 15) is 0 Å². The van der Waals surface area contributed by atoms with Crippen molar-refractivity contribution >= 4 is 18.3 Å². The fourth-order valence-electron chi connectivity index (χ4n) is 0.601. The molecule has 0 amide bonds. The van der Waals surface area contributed by atoms with Gasteiger partial charge in [0.05, 0.1) is 0 Å². The van der Waals surface area contributed by atoms with Crippen LogP contribution in [0.1, 0.15) is 27.7 Å². The minimum atomic E-state index is 0.171. The standard InChI is InChI=1S/C9H20N2S/c1-8(9(2,3)4)10-11(5)6-7-12/h12H,6-7H2,1-5H3. The van der Waals surface area contributed by atoms with Gasteiger partial charge in [0.2, 0.25) is 0 Å². The normalized spacial score (nSPS) is 13.3. The molecule has 0 unspecified atom stereocenters. The van der Waals surface area contributed by atoms with E-state index in [0.29, 0.717) is 0 Å². The van der Waals surface area contributed by atoms with Crippen LogP contribution in [0.15, 0.2) is 5.10 Å². The molecule has 0 fully saturated rings. The molecular weight excluding hydrogens is 168 g/mol. The summed E-state index contributed by atoms with van der Waals surface area (Å²) >= 11 is 4.14. The molecule has 0 spiro atoms. The molecule has 0 aliphatic carbocycles. The van der Waals surface area contributed by atoms with E-state index in [2.05, 4.69) is 45.4 Å². The molecular formula is C9H20N2S. The van der Waals surface area contributed by atoms with Gasteiger partial charge in [-0.25, -0.2) is 0 Å². The van der Waals surface area contributed by atoms with Crippen molar-refractivity contribution in [2.45, 2.75) is 27.7 Å². The first kappa shape index (κ1) is 11.8. The molecule has 2 nitrogen and oxygen atoms in total. The van der Waals surface area contributed by atoms with Gasteiger partial charge >= 0.3 is 0 Å². The van der Waals surface area contributed by atoms with Gasteiger partial charge < -0.3 is 0 Å². The van der Waals surface area contributed by atoms with E-state index in [4.69, 9.17) is 0 Å². The fraction of sp³-hybridized carbons (Fsp3) is 0.889. The van der Waals surface area contributed by atoms with Gasteiger partial charge in [-0.2, -0.15) is 17.7 Å². The summed E-state index contributed by atoms with van der Waals surface area (Å²) in [7, 11) is 1.98. The van der Waals surface area contributed by atoms with Crippen LogP contribution in [-0.4, -0.2) is 30.1 Å². The van der Waals surface area contributed by atoms with Crippen LogP contribution in [0.5, 0.6) is 0 Å². The first-order chi connectivity index (χ1) is 5.38. The summed E-state index contributed by atoms with van der Waals surface area (Å²) in [5.41, 5.74) is 1.33. The third-order valence-electron chi connectivity index (χ3n) is 1.83. The highest BCUT2D eigenvalue weighted by atomic mass is 32.1. The minimum absolute atomic E-state index is 0.171. The molecule has 0 aromatic rings. The van der Waals surface area contributed by atoms with Crippen LogP contribution in [0.4, 0.5) is 0 Å². The first-order valence-electron chi connectivity index (χ1n) is 4.25. The van der Waals surface area contributed by atoms with Crippen molar-refractivity contribution < 1.29 is 0 Å². The van der Waals surface area contributed by atoms with Gasteiger partial charge in [-0.15, -0.1) is 0 Å². The largest absolute Gasteiger partial charge is 0.299 e. The summed E-state index contributed by atoms with van der Waals surface area (Å²) in [6.45, 7) is 9.46. The predicted octanol–water partition coefficient (Wildman–Crippen LogP) is 2.27. The third-order valence-corrected chi connectivity index (χ3v) is 2.03. The second-order valence-corrected chi connectivity index (χ2v) is 4.49. The second-order valence-electron chi connectivity index (χ2n) is 4.04. The Morgan fingerprint density at radius 2 is 1.92 bits per heavy atom. The SMILES string of the molecule is CC(=NN(C)CCS)C(C)(C)C. The smallest absolute Gasteiger partial charge is 0.0445 e. The van der Waals surface area contributed by atoms with Crippen molar-refractivity contribution in [1.82, 2.24) is 5.01 Å². The van der Waals surface area contributed by atoms with Crippen LogP contribution in [0.25, 0.3) is 0 Å². The zero-order valence-corrected chi connectivity index (χ0v) is 9.65. The van der Waals surface area contributed by atoms with Crippen molar-refractivity contribution in [2.75, 3.05) is 19.3 Å². The lowest BCUT2D eigenvalue weighted by Gasteiger charge is -2.21. The Hall–Kier alpha value is -0.180. The van der Waals surface area contributed by atoms with Crippen LogP contribution in [0.2, 0.25) is 0 Å². The van der Waals surface area contributed by atoms with Crippen LogP contribution in [0.3, 0.4) is 0 Å². The Bertz CT molecular complexity index is 158. The number of rotatable bonds is 3. The molecule has 0 heterocycles. The predicted molar refractivity (Wildman–Crippen MR) is 59.0 cm³/mol. The number of hydrogen-bond acceptors (Lipinski definition) is 3. The summed E-state index contributed by atoms with van der Waals surface area (Å²) in [6, 6.07) is 0. The number of hydrogen-bond donors (Lipinski definition) is 1. The lowest BCUT2D eigenvalue weighted by molar-refractivity contribution is 0.370. The summed E-state index contributed by atoms with van der Waals surface area (Å²) in [4.78, 5) is 0. The number of hydrazone groups is 1. The monoisotopic (exact) mass is 188 g/mol. The number of thiol groups is 1. The molecule has 0 aromatic carbocycles. The molecule has 0 aliphatic heterocycles. The maximum atomic E-state index is 4.44. The molecule has 12 heavy (non-hydrogen) atoms. The van der Waals surface area contributed by atoms with Gasteiger partial charge in [0.1, 0.15) is 0 Å². The minimum Gasteiger partial charge on any atom is -0.299 e. The second kappa shape index (κ2) is 4.75. The maximum absolute atomic E-state index is 4.44. The van der Waals surface area contributed by atoms with Crippen molar-refractivity contribution in [3.05, 3.63) is 0 Å². The molecule has 0 atom stereocenters. The van der Waals surface area contributed by atoms with Crippen LogP contribution in [-0.2, 0) is 0 Å². The third kappa shape index (κ3) is 4.65.